The minimum absolute atomic E-state index is 0.181. The summed E-state index contributed by atoms with van der Waals surface area (Å²) in [5, 5.41) is 7.43. The molecular weight excluding hydrogens is 1570 g/mol. The van der Waals surface area contributed by atoms with E-state index in [2.05, 4.69) is 216 Å². The molecule has 0 bridgehead atoms. The molecule has 0 unspecified atom stereocenters. The highest BCUT2D eigenvalue weighted by Gasteiger charge is 2.21. The molecule has 3 aliphatic rings. The molecule has 0 radical (unpaired) electrons. The van der Waals surface area contributed by atoms with Gasteiger partial charge in [-0.05, 0) is 183 Å². The second-order valence-electron chi connectivity index (χ2n) is 32.5. The van der Waals surface area contributed by atoms with Crippen molar-refractivity contribution in [2.24, 2.45) is 29.1 Å². The predicted octanol–water partition coefficient (Wildman–Crippen LogP) is 23.9. The van der Waals surface area contributed by atoms with Gasteiger partial charge in [0.25, 0.3) is 0 Å². The van der Waals surface area contributed by atoms with E-state index in [1.54, 1.807) is 19.1 Å². The maximum Gasteiger partial charge on any atom is 0.135 e. The van der Waals surface area contributed by atoms with Crippen molar-refractivity contribution < 1.29 is 4.39 Å². The Morgan fingerprint density at radius 3 is 1.32 bits per heavy atom. The van der Waals surface area contributed by atoms with E-state index in [1.807, 2.05) is 158 Å². The molecule has 7 aromatic heterocycles. The second kappa shape index (κ2) is 37.0. The van der Waals surface area contributed by atoms with Crippen LogP contribution >= 0.6 is 0 Å². The molecule has 0 aliphatic carbocycles. The van der Waals surface area contributed by atoms with E-state index in [0.717, 1.165) is 213 Å². The summed E-state index contributed by atoms with van der Waals surface area (Å²) in [7, 11) is 4.19. The van der Waals surface area contributed by atoms with Gasteiger partial charge in [-0.1, -0.05) is 212 Å². The quantitative estimate of drug-likeness (QED) is 0.0836. The van der Waals surface area contributed by atoms with E-state index in [9.17, 15) is 4.39 Å². The maximum atomic E-state index is 14.3. The Balaban J connectivity index is 0.000000104. The van der Waals surface area contributed by atoms with E-state index >= 15 is 0 Å². The number of rotatable bonds is 17. The van der Waals surface area contributed by atoms with Crippen molar-refractivity contribution >= 4 is 144 Å². The highest BCUT2D eigenvalue weighted by Crippen LogP contribution is 2.37. The fraction of sp³-hybridized carbons (Fsp3) is 0.165. The number of nitrogens with zero attached hydrogens (tertiary/aromatic N) is 17. The highest BCUT2D eigenvalue weighted by atomic mass is 19.1. The van der Waals surface area contributed by atoms with Crippen LogP contribution in [0.15, 0.2) is 325 Å². The second-order valence-corrected chi connectivity index (χ2v) is 32.5. The van der Waals surface area contributed by atoms with Crippen molar-refractivity contribution in [2.75, 3.05) is 0 Å². The van der Waals surface area contributed by atoms with Gasteiger partial charge in [0.1, 0.15) is 17.5 Å². The van der Waals surface area contributed by atoms with Crippen molar-refractivity contribution in [2.45, 2.75) is 104 Å². The van der Waals surface area contributed by atoms with Crippen LogP contribution in [0.4, 0.5) is 10.1 Å². The molecule has 620 valence electrons. The highest BCUT2D eigenvalue weighted by molar-refractivity contribution is 6.07. The number of para-hydroxylation sites is 8. The number of fused-ring (bicyclic) bond motifs is 14. The molecule has 13 aromatic carbocycles. The first-order valence-corrected chi connectivity index (χ1v) is 43.5. The summed E-state index contributed by atoms with van der Waals surface area (Å²) in [5.41, 5.74) is 31.6. The van der Waals surface area contributed by atoms with Gasteiger partial charge >= 0.3 is 0 Å². The third kappa shape index (κ3) is 18.3. The molecule has 0 fully saturated rings. The van der Waals surface area contributed by atoms with Crippen LogP contribution in [0.1, 0.15) is 106 Å². The summed E-state index contributed by atoms with van der Waals surface area (Å²) < 4.78 is 18.7. The first-order chi connectivity index (χ1) is 62.4. The molecule has 0 saturated heterocycles. The summed E-state index contributed by atoms with van der Waals surface area (Å²) >= 11 is 0. The van der Waals surface area contributed by atoms with Gasteiger partial charge in [0.2, 0.25) is 0 Å². The SMILES string of the molecule is C1=C(c2ccccc2)N=C(CCc2cnc3ccccc3n2)C1.Cc1ccc(C)c2nc(CCC3=Nc4c(ccc5ccccc45)C3)cnc12.Cc1cccc(C2=CCC(CCc3cnc4ccccc4n3)=N2)c1F.Cn1c(CCc2cnc3ccccc3n2)nc2c3ccccc3ccc21.Cn1c(CCc2cnc3ccccc3n2)nc2ccc3ccccc3c21. The summed E-state index contributed by atoms with van der Waals surface area (Å²) in [6.07, 6.45) is 24.8. The molecule has 23 rings (SSSR count). The number of aromatic nitrogens is 14. The van der Waals surface area contributed by atoms with Crippen LogP contribution in [0.3, 0.4) is 0 Å². The van der Waals surface area contributed by atoms with Crippen LogP contribution in [0.25, 0.3) is 121 Å². The molecule has 17 nitrogen and oxygen atoms in total. The third-order valence-electron chi connectivity index (χ3n) is 23.9. The Bertz CT molecular complexity index is 7650. The van der Waals surface area contributed by atoms with Crippen LogP contribution < -0.4 is 0 Å². The minimum Gasteiger partial charge on any atom is -0.331 e. The largest absolute Gasteiger partial charge is 0.331 e. The van der Waals surface area contributed by atoms with Gasteiger partial charge in [0, 0.05) is 116 Å². The zero-order chi connectivity index (χ0) is 86.1. The van der Waals surface area contributed by atoms with Gasteiger partial charge in [-0.3, -0.25) is 39.9 Å². The number of imidazole rings is 2. The molecule has 0 atom stereocenters. The molecule has 10 heterocycles. The van der Waals surface area contributed by atoms with E-state index < -0.39 is 0 Å². The minimum atomic E-state index is -0.181. The van der Waals surface area contributed by atoms with Crippen LogP contribution in [-0.4, -0.2) is 86.1 Å². The van der Waals surface area contributed by atoms with Gasteiger partial charge in [-0.15, -0.1) is 0 Å². The number of aliphatic imine (C=N–C) groups is 3. The van der Waals surface area contributed by atoms with Crippen molar-refractivity contribution in [3.05, 3.63) is 389 Å². The van der Waals surface area contributed by atoms with E-state index in [0.29, 0.717) is 11.1 Å². The fourth-order valence-corrected chi connectivity index (χ4v) is 16.9. The smallest absolute Gasteiger partial charge is 0.135 e. The summed E-state index contributed by atoms with van der Waals surface area (Å²) in [4.78, 5) is 70.4. The van der Waals surface area contributed by atoms with Crippen molar-refractivity contribution in [1.29, 1.82) is 0 Å². The number of benzene rings is 13. The maximum absolute atomic E-state index is 14.3. The lowest BCUT2D eigenvalue weighted by molar-refractivity contribution is 0.614. The normalized spacial score (nSPS) is 12.8. The Morgan fingerprint density at radius 1 is 0.299 bits per heavy atom. The molecule has 127 heavy (non-hydrogen) atoms. The Hall–Kier alpha value is -15.3. The molecule has 0 saturated carbocycles. The monoisotopic (exact) mass is 1660 g/mol. The first kappa shape index (κ1) is 81.4. The molecule has 20 aromatic rings. The molecule has 0 spiro atoms. The zero-order valence-electron chi connectivity index (χ0n) is 71.6. The van der Waals surface area contributed by atoms with Gasteiger partial charge in [-0.2, -0.15) is 0 Å². The molecule has 3 aliphatic heterocycles. The topological polar surface area (TPSA) is 202 Å². The number of hydrogen-bond donors (Lipinski definition) is 0. The zero-order valence-corrected chi connectivity index (χ0v) is 71.6. The molecular formula is C109H92FN17. The van der Waals surface area contributed by atoms with Crippen molar-refractivity contribution in [3.8, 4) is 0 Å². The van der Waals surface area contributed by atoms with Gasteiger partial charge < -0.3 is 9.13 Å². The first-order valence-electron chi connectivity index (χ1n) is 43.5. The molecule has 18 heteroatoms. The summed E-state index contributed by atoms with van der Waals surface area (Å²) in [6, 6.07) is 90.2. The van der Waals surface area contributed by atoms with Crippen LogP contribution in [0.2, 0.25) is 0 Å². The number of allylic oxidation sites excluding steroid dienone is 2. The molecule has 0 N–H and O–H groups in total. The van der Waals surface area contributed by atoms with Crippen molar-refractivity contribution in [3.63, 3.8) is 0 Å². The average molecular weight is 1660 g/mol. The van der Waals surface area contributed by atoms with Gasteiger partial charge in [0.15, 0.2) is 0 Å². The van der Waals surface area contributed by atoms with Gasteiger partial charge in [0.05, 0.1) is 123 Å². The average Bonchev–Trinajstić information content (AvgIpc) is 1.64. The Labute approximate surface area is 735 Å². The van der Waals surface area contributed by atoms with Crippen LogP contribution in [0.5, 0.6) is 0 Å². The standard InChI is InChI=1S/C24H21N3.2C22H18N4.C21H18FN3.C20H17N3/c1-15-7-8-16(2)23-22(15)25-14-20(27-23)12-11-19-13-18-10-9-17-5-3-4-6-21(17)24(18)26-19;1-26-20-12-10-15-6-2-3-7-17(15)22(20)25-21(26)13-11-16-14-23-18-8-4-5-9-19(18)24-16;1-26-21(13-11-16-14-23-18-8-4-5-9-19(18)24-16)25-20-12-10-15-6-2-3-7-17(15)22(20)26;1-14-5-4-6-17(21(14)22)18-12-11-15(24-18)9-10-16-13-23-19-7-2-3-8-20(19)25-16;1-2-6-15(7-3-1)18-13-12-16(22-18)10-11-17-14-21-19-8-4-5-9-20(19)23-17/h3-10,14H,11-13H2,1-2H3;2*2-10,12,14H,11,13H2,1H3;2-8,12-13H,9-11H2,1H3;1-9,13-14H,10-12H2. The Morgan fingerprint density at radius 2 is 0.740 bits per heavy atom. The summed E-state index contributed by atoms with van der Waals surface area (Å²) in [5.74, 6) is 1.97. The van der Waals surface area contributed by atoms with Crippen molar-refractivity contribution in [1.82, 2.24) is 68.9 Å². The lowest BCUT2D eigenvalue weighted by Gasteiger charge is -2.07. The van der Waals surface area contributed by atoms with Gasteiger partial charge in [-0.25, -0.2) is 39.3 Å². The van der Waals surface area contributed by atoms with E-state index in [4.69, 9.17) is 34.9 Å². The molecule has 0 amide bonds. The number of hydrogen-bond acceptors (Lipinski definition) is 15. The number of halogens is 1. The van der Waals surface area contributed by atoms with E-state index in [1.165, 1.54) is 77.0 Å². The number of aryl methyl sites for hydroxylation is 12. The third-order valence-corrected chi connectivity index (χ3v) is 23.9. The fourth-order valence-electron chi connectivity index (χ4n) is 16.9. The summed E-state index contributed by atoms with van der Waals surface area (Å²) in [6.45, 7) is 5.96. The van der Waals surface area contributed by atoms with Crippen LogP contribution in [-0.2, 0) is 65.5 Å². The Kier molecular flexibility index (Phi) is 23.7. The van der Waals surface area contributed by atoms with Crippen LogP contribution in [0, 0.1) is 26.6 Å². The lowest BCUT2D eigenvalue weighted by atomic mass is 10.0. The predicted molar refractivity (Wildman–Crippen MR) is 516 cm³/mol. The van der Waals surface area contributed by atoms with E-state index in [-0.39, 0.29) is 5.82 Å². The lowest BCUT2D eigenvalue weighted by Crippen LogP contribution is -2.03.